The van der Waals surface area contributed by atoms with Gasteiger partial charge in [0, 0.05) is 23.2 Å². The van der Waals surface area contributed by atoms with Crippen molar-refractivity contribution in [2.45, 2.75) is 57.5 Å². The van der Waals surface area contributed by atoms with Crippen molar-refractivity contribution in [3.63, 3.8) is 0 Å². The largest absolute Gasteiger partial charge is 0.349 e. The summed E-state index contributed by atoms with van der Waals surface area (Å²) in [4.78, 5) is 40.1. The zero-order chi connectivity index (χ0) is 24.6. The van der Waals surface area contributed by atoms with E-state index in [9.17, 15) is 14.4 Å². The minimum Gasteiger partial charge on any atom is -0.349 e. The van der Waals surface area contributed by atoms with Crippen LogP contribution in [0.25, 0.3) is 0 Å². The minimum absolute atomic E-state index is 0.0200. The number of aryl methyl sites for hydroxylation is 1. The summed E-state index contributed by atoms with van der Waals surface area (Å²) in [5.74, 6) is 1.27. The first-order valence-electron chi connectivity index (χ1n) is 12.5. The summed E-state index contributed by atoms with van der Waals surface area (Å²) in [6, 6.07) is 14.1. The maximum Gasteiger partial charge on any atom is 0.274 e. The Morgan fingerprint density at radius 1 is 0.943 bits per heavy atom. The molecule has 3 amide bonds. The predicted octanol–water partition coefficient (Wildman–Crippen LogP) is 3.84. The van der Waals surface area contributed by atoms with Gasteiger partial charge in [-0.05, 0) is 92.5 Å². The molecule has 4 aliphatic rings. The minimum atomic E-state index is -0.598. The number of nitrogens with zero attached hydrogens (tertiary/aromatic N) is 1. The van der Waals surface area contributed by atoms with Gasteiger partial charge in [0.2, 0.25) is 5.91 Å². The second kappa shape index (κ2) is 9.46. The van der Waals surface area contributed by atoms with Crippen molar-refractivity contribution >= 4 is 17.7 Å². The van der Waals surface area contributed by atoms with Gasteiger partial charge in [-0.1, -0.05) is 30.3 Å². The van der Waals surface area contributed by atoms with Crippen LogP contribution in [0.1, 0.15) is 70.4 Å². The van der Waals surface area contributed by atoms with Gasteiger partial charge < -0.3 is 10.2 Å². The molecule has 35 heavy (non-hydrogen) atoms. The SMILES string of the molecule is Cc1ccccc1C(=O)N(CC(=O)NC12CC3CC(CC(C3)C1)C2)Cc1ccc(C(=O)NO)cc1. The third-order valence-electron chi connectivity index (χ3n) is 8.13. The van der Waals surface area contributed by atoms with Crippen LogP contribution in [0.15, 0.2) is 48.5 Å². The summed E-state index contributed by atoms with van der Waals surface area (Å²) in [7, 11) is 0. The molecule has 2 aromatic carbocycles. The van der Waals surface area contributed by atoms with Crippen LogP contribution in [-0.2, 0) is 11.3 Å². The van der Waals surface area contributed by atoms with Crippen LogP contribution in [0.3, 0.4) is 0 Å². The fraction of sp³-hybridized carbons (Fsp3) is 0.464. The fourth-order valence-corrected chi connectivity index (χ4v) is 7.00. The van der Waals surface area contributed by atoms with E-state index in [0.29, 0.717) is 11.1 Å². The maximum atomic E-state index is 13.5. The van der Waals surface area contributed by atoms with E-state index in [2.05, 4.69) is 5.32 Å². The highest BCUT2D eigenvalue weighted by molar-refractivity contribution is 5.98. The molecule has 0 radical (unpaired) electrons. The predicted molar refractivity (Wildman–Crippen MR) is 131 cm³/mol. The Labute approximate surface area is 205 Å². The molecule has 6 rings (SSSR count). The van der Waals surface area contributed by atoms with Crippen LogP contribution in [0.2, 0.25) is 0 Å². The molecule has 0 heterocycles. The molecule has 0 aliphatic heterocycles. The fourth-order valence-electron chi connectivity index (χ4n) is 7.00. The molecular formula is C28H33N3O4. The van der Waals surface area contributed by atoms with E-state index in [4.69, 9.17) is 5.21 Å². The second-order valence-corrected chi connectivity index (χ2v) is 10.9. The van der Waals surface area contributed by atoms with E-state index < -0.39 is 5.91 Å². The molecule has 4 bridgehead atoms. The van der Waals surface area contributed by atoms with Crippen LogP contribution >= 0.6 is 0 Å². The van der Waals surface area contributed by atoms with Crippen LogP contribution < -0.4 is 10.8 Å². The van der Waals surface area contributed by atoms with Crippen LogP contribution in [-0.4, -0.2) is 39.9 Å². The molecular weight excluding hydrogens is 442 g/mol. The highest BCUT2D eigenvalue weighted by Gasteiger charge is 2.51. The smallest absolute Gasteiger partial charge is 0.274 e. The van der Waals surface area contributed by atoms with Crippen LogP contribution in [0.5, 0.6) is 0 Å². The Morgan fingerprint density at radius 2 is 1.54 bits per heavy atom. The van der Waals surface area contributed by atoms with Crippen molar-refractivity contribution in [3.8, 4) is 0 Å². The van der Waals surface area contributed by atoms with Crippen molar-refractivity contribution in [1.29, 1.82) is 0 Å². The molecule has 7 nitrogen and oxygen atoms in total. The topological polar surface area (TPSA) is 98.7 Å². The molecule has 0 aromatic heterocycles. The van der Waals surface area contributed by atoms with E-state index in [0.717, 1.165) is 48.1 Å². The molecule has 7 heteroatoms. The standard InChI is InChI=1S/C28H33N3O4/c1-18-4-2-3-5-24(18)27(34)31(16-19-6-8-23(9-7-19)26(33)30-35)17-25(32)29-28-13-20-10-21(14-28)12-22(11-20)15-28/h2-9,20-22,35H,10-17H2,1H3,(H,29,32)(H,30,33). The molecule has 4 fully saturated rings. The zero-order valence-electron chi connectivity index (χ0n) is 20.1. The van der Waals surface area contributed by atoms with Crippen molar-refractivity contribution in [1.82, 2.24) is 15.7 Å². The summed E-state index contributed by atoms with van der Waals surface area (Å²) in [5, 5.41) is 12.2. The van der Waals surface area contributed by atoms with Gasteiger partial charge in [0.05, 0.1) is 0 Å². The molecule has 0 saturated heterocycles. The van der Waals surface area contributed by atoms with Gasteiger partial charge in [0.1, 0.15) is 6.54 Å². The molecule has 2 aromatic rings. The number of hydrogen-bond donors (Lipinski definition) is 3. The quantitative estimate of drug-likeness (QED) is 0.419. The summed E-state index contributed by atoms with van der Waals surface area (Å²) in [5.41, 5.74) is 4.05. The highest BCUT2D eigenvalue weighted by Crippen LogP contribution is 2.55. The summed E-state index contributed by atoms with van der Waals surface area (Å²) in [6.45, 7) is 2.11. The summed E-state index contributed by atoms with van der Waals surface area (Å²) in [6.07, 6.45) is 7.09. The van der Waals surface area contributed by atoms with Crippen molar-refractivity contribution in [2.75, 3.05) is 6.54 Å². The van der Waals surface area contributed by atoms with E-state index >= 15 is 0 Å². The van der Waals surface area contributed by atoms with Gasteiger partial charge in [0.25, 0.3) is 11.8 Å². The van der Waals surface area contributed by atoms with Crippen molar-refractivity contribution in [3.05, 3.63) is 70.8 Å². The molecule has 4 saturated carbocycles. The number of nitrogens with one attached hydrogen (secondary N) is 2. The number of carbonyl (C=O) groups is 3. The first kappa shape index (κ1) is 23.5. The molecule has 0 spiro atoms. The van der Waals surface area contributed by atoms with Crippen molar-refractivity contribution < 1.29 is 19.6 Å². The van der Waals surface area contributed by atoms with Gasteiger partial charge in [-0.2, -0.15) is 0 Å². The van der Waals surface area contributed by atoms with Gasteiger partial charge in [-0.15, -0.1) is 0 Å². The highest BCUT2D eigenvalue weighted by atomic mass is 16.5. The molecule has 3 N–H and O–H groups in total. The lowest BCUT2D eigenvalue weighted by Crippen LogP contribution is -2.61. The monoisotopic (exact) mass is 475 g/mol. The van der Waals surface area contributed by atoms with Gasteiger partial charge in [-0.3, -0.25) is 19.6 Å². The Hall–Kier alpha value is -3.19. The number of hydroxylamine groups is 1. The lowest BCUT2D eigenvalue weighted by Gasteiger charge is -2.57. The number of hydrogen-bond acceptors (Lipinski definition) is 4. The Bertz CT molecular complexity index is 1090. The maximum absolute atomic E-state index is 13.5. The Balaban J connectivity index is 1.34. The average Bonchev–Trinajstić information content (AvgIpc) is 2.82. The van der Waals surface area contributed by atoms with Crippen LogP contribution in [0, 0.1) is 24.7 Å². The van der Waals surface area contributed by atoms with Gasteiger partial charge >= 0.3 is 0 Å². The van der Waals surface area contributed by atoms with E-state index in [1.807, 2.05) is 25.1 Å². The lowest BCUT2D eigenvalue weighted by atomic mass is 9.53. The second-order valence-electron chi connectivity index (χ2n) is 10.9. The van der Waals surface area contributed by atoms with E-state index in [-0.39, 0.29) is 30.4 Å². The van der Waals surface area contributed by atoms with Crippen molar-refractivity contribution in [2.24, 2.45) is 17.8 Å². The summed E-state index contributed by atoms with van der Waals surface area (Å²) >= 11 is 0. The Morgan fingerprint density at radius 3 is 2.11 bits per heavy atom. The van der Waals surface area contributed by atoms with E-state index in [1.54, 1.807) is 40.7 Å². The third kappa shape index (κ3) is 4.96. The first-order chi connectivity index (χ1) is 16.8. The number of carbonyl (C=O) groups excluding carboxylic acids is 3. The van der Waals surface area contributed by atoms with Gasteiger partial charge in [0.15, 0.2) is 0 Å². The molecule has 4 aliphatic carbocycles. The average molecular weight is 476 g/mol. The molecule has 0 unspecified atom stereocenters. The van der Waals surface area contributed by atoms with E-state index in [1.165, 1.54) is 19.3 Å². The molecule has 184 valence electrons. The van der Waals surface area contributed by atoms with Gasteiger partial charge in [-0.25, -0.2) is 5.48 Å². The number of amides is 3. The third-order valence-corrected chi connectivity index (χ3v) is 8.13. The molecule has 0 atom stereocenters. The number of rotatable bonds is 7. The Kier molecular flexibility index (Phi) is 6.36. The number of benzene rings is 2. The zero-order valence-corrected chi connectivity index (χ0v) is 20.1. The lowest BCUT2D eigenvalue weighted by molar-refractivity contribution is -0.127. The normalized spacial score (nSPS) is 26.3. The summed E-state index contributed by atoms with van der Waals surface area (Å²) < 4.78 is 0. The van der Waals surface area contributed by atoms with Crippen LogP contribution in [0.4, 0.5) is 0 Å². The first-order valence-corrected chi connectivity index (χ1v) is 12.5.